The Kier molecular flexibility index (Phi) is 7.02. The number of aromatic nitrogens is 3. The highest BCUT2D eigenvalue weighted by molar-refractivity contribution is 7.89. The summed E-state index contributed by atoms with van der Waals surface area (Å²) in [7, 11) is -3.67. The van der Waals surface area contributed by atoms with E-state index in [0.717, 1.165) is 17.5 Å². The number of halogens is 1. The van der Waals surface area contributed by atoms with Gasteiger partial charge < -0.3 is 5.32 Å². The van der Waals surface area contributed by atoms with Crippen LogP contribution in [0.2, 0.25) is 5.02 Å². The first-order valence-electron chi connectivity index (χ1n) is 11.2. The van der Waals surface area contributed by atoms with E-state index in [1.165, 1.54) is 4.31 Å². The summed E-state index contributed by atoms with van der Waals surface area (Å²) in [5.41, 5.74) is 2.23. The third kappa shape index (κ3) is 4.90. The van der Waals surface area contributed by atoms with Crippen molar-refractivity contribution in [2.45, 2.75) is 50.6 Å². The minimum atomic E-state index is -3.67. The Bertz CT molecular complexity index is 1250. The fraction of sp³-hybridized carbons (Fsp3) is 0.435. The van der Waals surface area contributed by atoms with Gasteiger partial charge in [0, 0.05) is 30.6 Å². The van der Waals surface area contributed by atoms with Gasteiger partial charge in [-0.15, -0.1) is 5.10 Å². The quantitative estimate of drug-likeness (QED) is 0.544. The highest BCUT2D eigenvalue weighted by Crippen LogP contribution is 2.27. The zero-order chi connectivity index (χ0) is 23.6. The van der Waals surface area contributed by atoms with Crippen molar-refractivity contribution in [2.75, 3.05) is 13.1 Å². The SMILES string of the molecule is CC[C@@H](C)n1nnc2cc(S(=O)(=O)N3CCC(C(=O)NCc4ccccc4Cl)CC3)ccc21. The molecule has 1 aliphatic heterocycles. The molecule has 2 aromatic carbocycles. The van der Waals surface area contributed by atoms with E-state index in [2.05, 4.69) is 22.6 Å². The molecule has 10 heteroatoms. The smallest absolute Gasteiger partial charge is 0.243 e. The Morgan fingerprint density at radius 1 is 1.21 bits per heavy atom. The van der Waals surface area contributed by atoms with E-state index >= 15 is 0 Å². The van der Waals surface area contributed by atoms with E-state index in [1.807, 2.05) is 29.8 Å². The molecule has 1 fully saturated rings. The topological polar surface area (TPSA) is 97.2 Å². The van der Waals surface area contributed by atoms with Crippen LogP contribution in [0.15, 0.2) is 47.4 Å². The standard InChI is InChI=1S/C23H28ClN5O3S/c1-3-16(2)29-22-9-8-19(14-21(22)26-27-29)33(31,32)28-12-10-17(11-13-28)23(30)25-15-18-6-4-5-7-20(18)24/h4-9,14,16-17H,3,10-13,15H2,1-2H3,(H,25,30)/t16-/m1/s1. The zero-order valence-corrected chi connectivity index (χ0v) is 20.3. The van der Waals surface area contributed by atoms with Gasteiger partial charge in [-0.2, -0.15) is 4.31 Å². The van der Waals surface area contributed by atoms with Crippen molar-refractivity contribution in [2.24, 2.45) is 5.92 Å². The Balaban J connectivity index is 1.39. The van der Waals surface area contributed by atoms with E-state index in [0.29, 0.717) is 43.0 Å². The lowest BCUT2D eigenvalue weighted by molar-refractivity contribution is -0.126. The molecule has 3 aromatic rings. The monoisotopic (exact) mass is 489 g/mol. The molecule has 0 bridgehead atoms. The van der Waals surface area contributed by atoms with Gasteiger partial charge in [0.15, 0.2) is 0 Å². The lowest BCUT2D eigenvalue weighted by Gasteiger charge is -2.30. The predicted molar refractivity (Wildman–Crippen MR) is 127 cm³/mol. The molecule has 1 aromatic heterocycles. The summed E-state index contributed by atoms with van der Waals surface area (Å²) in [6.45, 7) is 5.06. The molecule has 2 heterocycles. The molecule has 176 valence electrons. The van der Waals surface area contributed by atoms with Crippen LogP contribution >= 0.6 is 11.6 Å². The molecule has 0 saturated carbocycles. The maximum atomic E-state index is 13.2. The van der Waals surface area contributed by atoms with E-state index < -0.39 is 10.0 Å². The molecule has 0 radical (unpaired) electrons. The molecule has 4 rings (SSSR count). The van der Waals surface area contributed by atoms with Crippen LogP contribution in [0.3, 0.4) is 0 Å². The fourth-order valence-corrected chi connectivity index (χ4v) is 5.75. The molecule has 33 heavy (non-hydrogen) atoms. The minimum Gasteiger partial charge on any atom is -0.352 e. The second-order valence-electron chi connectivity index (χ2n) is 8.43. The van der Waals surface area contributed by atoms with E-state index in [4.69, 9.17) is 11.6 Å². The van der Waals surface area contributed by atoms with Gasteiger partial charge in [0.25, 0.3) is 0 Å². The third-order valence-electron chi connectivity index (χ3n) is 6.32. The number of nitrogens with one attached hydrogen (secondary N) is 1. The number of hydrogen-bond donors (Lipinski definition) is 1. The summed E-state index contributed by atoms with van der Waals surface area (Å²) in [5, 5.41) is 11.9. The first kappa shape index (κ1) is 23.7. The lowest BCUT2D eigenvalue weighted by atomic mass is 9.97. The summed E-state index contributed by atoms with van der Waals surface area (Å²) < 4.78 is 29.7. The average molecular weight is 490 g/mol. The van der Waals surface area contributed by atoms with Gasteiger partial charge in [-0.05, 0) is 56.0 Å². The zero-order valence-electron chi connectivity index (χ0n) is 18.7. The van der Waals surface area contributed by atoms with Gasteiger partial charge in [0.05, 0.1) is 16.5 Å². The van der Waals surface area contributed by atoms with Crippen molar-refractivity contribution in [3.8, 4) is 0 Å². The molecule has 1 aliphatic rings. The highest BCUT2D eigenvalue weighted by Gasteiger charge is 2.32. The van der Waals surface area contributed by atoms with Crippen LogP contribution in [-0.4, -0.2) is 46.7 Å². The summed E-state index contributed by atoms with van der Waals surface area (Å²) in [4.78, 5) is 12.8. The van der Waals surface area contributed by atoms with E-state index in [1.54, 1.807) is 24.3 Å². The molecular formula is C23H28ClN5O3S. The second kappa shape index (κ2) is 9.79. The number of piperidine rings is 1. The van der Waals surface area contributed by atoms with Crippen molar-refractivity contribution in [3.63, 3.8) is 0 Å². The molecule has 0 spiro atoms. The summed E-state index contributed by atoms with van der Waals surface area (Å²) in [6, 6.07) is 12.5. The number of benzene rings is 2. The molecule has 1 saturated heterocycles. The summed E-state index contributed by atoms with van der Waals surface area (Å²) >= 11 is 6.15. The van der Waals surface area contributed by atoms with Gasteiger partial charge in [0.1, 0.15) is 5.52 Å². The molecule has 1 amide bonds. The molecule has 0 aliphatic carbocycles. The van der Waals surface area contributed by atoms with Crippen LogP contribution in [0.4, 0.5) is 0 Å². The predicted octanol–water partition coefficient (Wildman–Crippen LogP) is 3.77. The molecular weight excluding hydrogens is 462 g/mol. The van der Waals surface area contributed by atoms with Crippen LogP contribution in [0.25, 0.3) is 11.0 Å². The molecule has 0 unspecified atom stereocenters. The average Bonchev–Trinajstić information content (AvgIpc) is 3.26. The Labute approximate surface area is 199 Å². The van der Waals surface area contributed by atoms with Crippen LogP contribution in [0.5, 0.6) is 0 Å². The van der Waals surface area contributed by atoms with Crippen molar-refractivity contribution in [1.29, 1.82) is 0 Å². The van der Waals surface area contributed by atoms with E-state index in [9.17, 15) is 13.2 Å². The van der Waals surface area contributed by atoms with Crippen molar-refractivity contribution in [3.05, 3.63) is 53.1 Å². The number of hydrogen-bond acceptors (Lipinski definition) is 5. The Hall–Kier alpha value is -2.49. The molecule has 1 atom stereocenters. The first-order chi connectivity index (χ1) is 15.8. The van der Waals surface area contributed by atoms with Gasteiger partial charge >= 0.3 is 0 Å². The summed E-state index contributed by atoms with van der Waals surface area (Å²) in [6.07, 6.45) is 1.85. The van der Waals surface area contributed by atoms with Crippen LogP contribution < -0.4 is 5.32 Å². The minimum absolute atomic E-state index is 0.0740. The number of fused-ring (bicyclic) bond motifs is 1. The van der Waals surface area contributed by atoms with Crippen LogP contribution in [0.1, 0.15) is 44.7 Å². The normalized spacial score (nSPS) is 16.7. The first-order valence-corrected chi connectivity index (χ1v) is 13.0. The Morgan fingerprint density at radius 2 is 1.94 bits per heavy atom. The Morgan fingerprint density at radius 3 is 2.64 bits per heavy atom. The number of amides is 1. The van der Waals surface area contributed by atoms with Gasteiger partial charge in [-0.25, -0.2) is 13.1 Å². The van der Waals surface area contributed by atoms with Crippen LogP contribution in [-0.2, 0) is 21.4 Å². The van der Waals surface area contributed by atoms with Gasteiger partial charge in [0.2, 0.25) is 15.9 Å². The van der Waals surface area contributed by atoms with Crippen molar-refractivity contribution in [1.82, 2.24) is 24.6 Å². The largest absolute Gasteiger partial charge is 0.352 e. The lowest BCUT2D eigenvalue weighted by Crippen LogP contribution is -2.42. The van der Waals surface area contributed by atoms with Gasteiger partial charge in [-0.3, -0.25) is 4.79 Å². The number of nitrogens with zero attached hydrogens (tertiary/aromatic N) is 4. The summed E-state index contributed by atoms with van der Waals surface area (Å²) in [5.74, 6) is -0.299. The molecule has 8 nitrogen and oxygen atoms in total. The third-order valence-corrected chi connectivity index (χ3v) is 8.59. The van der Waals surface area contributed by atoms with Gasteiger partial charge in [-0.1, -0.05) is 41.9 Å². The number of carbonyl (C=O) groups is 1. The van der Waals surface area contributed by atoms with E-state index in [-0.39, 0.29) is 22.8 Å². The number of rotatable bonds is 7. The number of sulfonamides is 1. The fourth-order valence-electron chi connectivity index (χ4n) is 4.06. The van der Waals surface area contributed by atoms with Crippen molar-refractivity contribution >= 4 is 38.6 Å². The van der Waals surface area contributed by atoms with Crippen LogP contribution in [0, 0.1) is 5.92 Å². The number of carbonyl (C=O) groups excluding carboxylic acids is 1. The maximum Gasteiger partial charge on any atom is 0.243 e. The molecule has 1 N–H and O–H groups in total. The highest BCUT2D eigenvalue weighted by atomic mass is 35.5. The van der Waals surface area contributed by atoms with Crippen molar-refractivity contribution < 1.29 is 13.2 Å². The second-order valence-corrected chi connectivity index (χ2v) is 10.8. The maximum absolute atomic E-state index is 13.2.